The third kappa shape index (κ3) is 4.62. The molecule has 0 aliphatic carbocycles. The minimum absolute atomic E-state index is 0.225. The van der Waals surface area contributed by atoms with E-state index in [1.54, 1.807) is 36.7 Å². The fraction of sp³-hybridized carbons (Fsp3) is 0.174. The lowest BCUT2D eigenvalue weighted by molar-refractivity contribution is 0.0951. The average molecular weight is 373 g/mol. The molecule has 0 saturated heterocycles. The van der Waals surface area contributed by atoms with Crippen LogP contribution in [0.4, 0.5) is 5.69 Å². The fourth-order valence-electron chi connectivity index (χ4n) is 2.97. The third-order valence-electron chi connectivity index (χ3n) is 4.57. The molecule has 0 saturated carbocycles. The van der Waals surface area contributed by atoms with Crippen molar-refractivity contribution in [3.63, 3.8) is 0 Å². The number of pyridine rings is 1. The average Bonchev–Trinajstić information content (AvgIpc) is 2.74. The van der Waals surface area contributed by atoms with Crippen LogP contribution in [0.15, 0.2) is 67.0 Å². The van der Waals surface area contributed by atoms with Crippen LogP contribution < -0.4 is 10.6 Å². The summed E-state index contributed by atoms with van der Waals surface area (Å²) in [5.74, 6) is -0.454. The number of amides is 2. The molecule has 3 rings (SSSR count). The first-order chi connectivity index (χ1) is 13.6. The van der Waals surface area contributed by atoms with Crippen molar-refractivity contribution in [3.05, 3.63) is 94.8 Å². The summed E-state index contributed by atoms with van der Waals surface area (Å²) in [5, 5.41) is 5.85. The Morgan fingerprint density at radius 3 is 2.32 bits per heavy atom. The van der Waals surface area contributed by atoms with E-state index in [4.69, 9.17) is 0 Å². The maximum atomic E-state index is 12.7. The van der Waals surface area contributed by atoms with Crippen molar-refractivity contribution in [2.24, 2.45) is 0 Å². The number of aromatic nitrogens is 1. The summed E-state index contributed by atoms with van der Waals surface area (Å²) < 4.78 is 0. The van der Waals surface area contributed by atoms with Gasteiger partial charge in [-0.1, -0.05) is 31.2 Å². The molecule has 0 unspecified atom stereocenters. The Balaban J connectivity index is 1.72. The zero-order valence-electron chi connectivity index (χ0n) is 16.0. The van der Waals surface area contributed by atoms with Crippen molar-refractivity contribution in [1.29, 1.82) is 0 Å². The molecule has 28 heavy (non-hydrogen) atoms. The van der Waals surface area contributed by atoms with Gasteiger partial charge in [-0.2, -0.15) is 0 Å². The van der Waals surface area contributed by atoms with E-state index in [0.717, 1.165) is 28.8 Å². The lowest BCUT2D eigenvalue weighted by atomic mass is 10.0. The van der Waals surface area contributed by atoms with Gasteiger partial charge in [0.05, 0.1) is 0 Å². The number of hydrogen-bond acceptors (Lipinski definition) is 3. The van der Waals surface area contributed by atoms with Crippen LogP contribution in [0.3, 0.4) is 0 Å². The summed E-state index contributed by atoms with van der Waals surface area (Å²) in [4.78, 5) is 29.1. The normalized spacial score (nSPS) is 10.4. The molecule has 2 N–H and O–H groups in total. The molecule has 0 spiro atoms. The second-order valence-electron chi connectivity index (χ2n) is 6.54. The van der Waals surface area contributed by atoms with E-state index in [9.17, 15) is 9.59 Å². The summed E-state index contributed by atoms with van der Waals surface area (Å²) >= 11 is 0. The molecule has 3 aromatic rings. The van der Waals surface area contributed by atoms with Gasteiger partial charge in [-0.3, -0.25) is 14.6 Å². The molecule has 0 aliphatic heterocycles. The molecular weight excluding hydrogens is 350 g/mol. The highest BCUT2D eigenvalue weighted by molar-refractivity contribution is 6.06. The van der Waals surface area contributed by atoms with Gasteiger partial charge in [-0.25, -0.2) is 0 Å². The fourth-order valence-corrected chi connectivity index (χ4v) is 2.97. The molecule has 1 heterocycles. The molecule has 142 valence electrons. The van der Waals surface area contributed by atoms with Gasteiger partial charge in [-0.15, -0.1) is 0 Å². The van der Waals surface area contributed by atoms with Gasteiger partial charge in [0.2, 0.25) is 0 Å². The second-order valence-corrected chi connectivity index (χ2v) is 6.54. The Morgan fingerprint density at radius 2 is 1.61 bits per heavy atom. The van der Waals surface area contributed by atoms with Crippen molar-refractivity contribution >= 4 is 17.5 Å². The number of para-hydroxylation sites is 1. The third-order valence-corrected chi connectivity index (χ3v) is 4.57. The molecule has 5 nitrogen and oxygen atoms in total. The highest BCUT2D eigenvalue weighted by Gasteiger charge is 2.13. The van der Waals surface area contributed by atoms with Crippen LogP contribution in [0.5, 0.6) is 0 Å². The number of nitrogens with zero attached hydrogens (tertiary/aromatic N) is 1. The highest BCUT2D eigenvalue weighted by atomic mass is 16.2. The summed E-state index contributed by atoms with van der Waals surface area (Å²) in [7, 11) is 0. The van der Waals surface area contributed by atoms with Gasteiger partial charge in [0.25, 0.3) is 11.8 Å². The molecular formula is C23H23N3O2. The number of hydrogen-bond donors (Lipinski definition) is 2. The Hall–Kier alpha value is -3.47. The zero-order chi connectivity index (χ0) is 19.9. The first-order valence-electron chi connectivity index (χ1n) is 9.25. The van der Waals surface area contributed by atoms with Crippen LogP contribution in [0.25, 0.3) is 0 Å². The molecule has 2 amide bonds. The van der Waals surface area contributed by atoms with Crippen molar-refractivity contribution in [1.82, 2.24) is 10.3 Å². The van der Waals surface area contributed by atoms with Gasteiger partial charge >= 0.3 is 0 Å². The van der Waals surface area contributed by atoms with Gasteiger partial charge < -0.3 is 10.6 Å². The molecule has 0 radical (unpaired) electrons. The monoisotopic (exact) mass is 373 g/mol. The highest BCUT2D eigenvalue weighted by Crippen LogP contribution is 2.22. The van der Waals surface area contributed by atoms with E-state index in [-0.39, 0.29) is 11.8 Å². The van der Waals surface area contributed by atoms with Gasteiger partial charge in [0.1, 0.15) is 0 Å². The van der Waals surface area contributed by atoms with Crippen molar-refractivity contribution < 1.29 is 9.59 Å². The number of aryl methyl sites for hydroxylation is 2. The van der Waals surface area contributed by atoms with Crippen molar-refractivity contribution in [3.8, 4) is 0 Å². The smallest absolute Gasteiger partial charge is 0.255 e. The molecule has 2 aromatic carbocycles. The van der Waals surface area contributed by atoms with E-state index in [2.05, 4.69) is 22.5 Å². The Labute approximate surface area is 164 Å². The van der Waals surface area contributed by atoms with E-state index >= 15 is 0 Å². The van der Waals surface area contributed by atoms with Crippen LogP contribution in [-0.2, 0) is 13.0 Å². The summed E-state index contributed by atoms with van der Waals surface area (Å²) in [5.41, 5.74) is 4.79. The van der Waals surface area contributed by atoms with E-state index in [1.807, 2.05) is 37.3 Å². The first kappa shape index (κ1) is 19.3. The Bertz CT molecular complexity index is 984. The van der Waals surface area contributed by atoms with Gasteiger partial charge in [0, 0.05) is 35.8 Å². The summed E-state index contributed by atoms with van der Waals surface area (Å²) in [6.45, 7) is 4.43. The molecule has 0 bridgehead atoms. The SMILES string of the molecule is CCc1cccc(C)c1NC(=O)c1cccc(C(=O)NCc2ccncc2)c1. The molecule has 0 atom stereocenters. The number of benzene rings is 2. The van der Waals surface area contributed by atoms with Crippen molar-refractivity contribution in [2.75, 3.05) is 5.32 Å². The number of carbonyl (C=O) groups excluding carboxylic acids is 2. The predicted octanol–water partition coefficient (Wildman–Crippen LogP) is 4.13. The van der Waals surface area contributed by atoms with Crippen LogP contribution in [0.1, 0.15) is 44.3 Å². The number of rotatable bonds is 6. The van der Waals surface area contributed by atoms with E-state index < -0.39 is 0 Å². The minimum atomic E-state index is -0.229. The van der Waals surface area contributed by atoms with Gasteiger partial charge in [0.15, 0.2) is 0 Å². The summed E-state index contributed by atoms with van der Waals surface area (Å²) in [6, 6.07) is 16.4. The topological polar surface area (TPSA) is 71.1 Å². The molecule has 0 fully saturated rings. The first-order valence-corrected chi connectivity index (χ1v) is 9.25. The zero-order valence-corrected chi connectivity index (χ0v) is 16.0. The Kier molecular flexibility index (Phi) is 6.17. The Morgan fingerprint density at radius 1 is 0.929 bits per heavy atom. The quantitative estimate of drug-likeness (QED) is 0.682. The lowest BCUT2D eigenvalue weighted by Crippen LogP contribution is -2.23. The van der Waals surface area contributed by atoms with Crippen molar-refractivity contribution in [2.45, 2.75) is 26.8 Å². The van der Waals surface area contributed by atoms with E-state index in [1.165, 1.54) is 0 Å². The van der Waals surface area contributed by atoms with Crippen LogP contribution >= 0.6 is 0 Å². The number of carbonyl (C=O) groups is 2. The largest absolute Gasteiger partial charge is 0.348 e. The standard InChI is InChI=1S/C23H23N3O2/c1-3-18-7-4-6-16(2)21(18)26-23(28)20-9-5-8-19(14-20)22(27)25-15-17-10-12-24-13-11-17/h4-14H,3,15H2,1-2H3,(H,25,27)(H,26,28). The van der Waals surface area contributed by atoms with Gasteiger partial charge in [-0.05, 0) is 60.4 Å². The van der Waals surface area contributed by atoms with Crippen LogP contribution in [0, 0.1) is 6.92 Å². The number of anilines is 1. The maximum Gasteiger partial charge on any atom is 0.255 e. The predicted molar refractivity (Wildman–Crippen MR) is 110 cm³/mol. The molecule has 1 aromatic heterocycles. The second kappa shape index (κ2) is 8.95. The van der Waals surface area contributed by atoms with Crippen LogP contribution in [-0.4, -0.2) is 16.8 Å². The lowest BCUT2D eigenvalue weighted by Gasteiger charge is -2.13. The molecule has 0 aliphatic rings. The molecule has 5 heteroatoms. The van der Waals surface area contributed by atoms with Crippen LogP contribution in [0.2, 0.25) is 0 Å². The number of nitrogens with one attached hydrogen (secondary N) is 2. The minimum Gasteiger partial charge on any atom is -0.348 e. The summed E-state index contributed by atoms with van der Waals surface area (Å²) in [6.07, 6.45) is 4.19. The maximum absolute atomic E-state index is 12.7. The van der Waals surface area contributed by atoms with E-state index in [0.29, 0.717) is 17.7 Å².